The van der Waals surface area contributed by atoms with E-state index in [4.69, 9.17) is 4.74 Å². The van der Waals surface area contributed by atoms with E-state index in [0.717, 1.165) is 24.8 Å². The molecule has 0 aliphatic heterocycles. The Morgan fingerprint density at radius 3 is 2.43 bits per heavy atom. The van der Waals surface area contributed by atoms with E-state index in [1.54, 1.807) is 31.2 Å². The number of rotatable bonds is 7. The van der Waals surface area contributed by atoms with E-state index in [1.807, 2.05) is 30.3 Å². The van der Waals surface area contributed by atoms with Gasteiger partial charge in [0.2, 0.25) is 0 Å². The minimum Gasteiger partial charge on any atom is -0.480 e. The number of nitrogens with zero attached hydrogens (tertiary/aromatic N) is 1. The lowest BCUT2D eigenvalue weighted by Crippen LogP contribution is -2.52. The van der Waals surface area contributed by atoms with Crippen LogP contribution in [0.4, 0.5) is 0 Å². The third-order valence-electron chi connectivity index (χ3n) is 5.38. The van der Waals surface area contributed by atoms with Gasteiger partial charge in [-0.05, 0) is 37.5 Å². The predicted molar refractivity (Wildman–Crippen MR) is 114 cm³/mol. The number of hydrogen-bond acceptors (Lipinski definition) is 4. The average Bonchev–Trinajstić information content (AvgIpc) is 2.79. The summed E-state index contributed by atoms with van der Waals surface area (Å²) in [6.07, 6.45) is 3.40. The van der Waals surface area contributed by atoms with Crippen molar-refractivity contribution in [1.29, 1.82) is 5.26 Å². The number of amides is 2. The van der Waals surface area contributed by atoms with Crippen molar-refractivity contribution in [3.63, 3.8) is 0 Å². The van der Waals surface area contributed by atoms with E-state index in [1.165, 1.54) is 0 Å². The molecule has 0 unspecified atom stereocenters. The van der Waals surface area contributed by atoms with Crippen molar-refractivity contribution in [2.24, 2.45) is 0 Å². The molecule has 2 N–H and O–H groups in total. The first-order valence-corrected chi connectivity index (χ1v) is 10.3. The van der Waals surface area contributed by atoms with E-state index in [2.05, 4.69) is 16.7 Å². The molecule has 2 aromatic rings. The highest BCUT2D eigenvalue weighted by Gasteiger charge is 2.35. The van der Waals surface area contributed by atoms with Crippen LogP contribution < -0.4 is 15.4 Å². The number of nitrogens with one attached hydrogen (secondary N) is 2. The molecule has 2 amide bonds. The monoisotopic (exact) mass is 405 g/mol. The van der Waals surface area contributed by atoms with Gasteiger partial charge in [0.1, 0.15) is 11.3 Å². The molecule has 6 nitrogen and oxygen atoms in total. The zero-order valence-electron chi connectivity index (χ0n) is 17.2. The molecule has 0 bridgehead atoms. The van der Waals surface area contributed by atoms with Crippen molar-refractivity contribution in [3.8, 4) is 11.8 Å². The minimum absolute atomic E-state index is 0.275. The van der Waals surface area contributed by atoms with Gasteiger partial charge in [-0.15, -0.1) is 0 Å². The average molecular weight is 405 g/mol. The Kier molecular flexibility index (Phi) is 7.08. The second kappa shape index (κ2) is 9.93. The maximum Gasteiger partial charge on any atom is 0.262 e. The van der Waals surface area contributed by atoms with Crippen LogP contribution in [0.2, 0.25) is 0 Å². The van der Waals surface area contributed by atoms with Crippen LogP contribution in [0.15, 0.2) is 54.6 Å². The van der Waals surface area contributed by atoms with Gasteiger partial charge in [-0.1, -0.05) is 61.7 Å². The fourth-order valence-electron chi connectivity index (χ4n) is 3.63. The highest BCUT2D eigenvalue weighted by atomic mass is 16.5. The highest BCUT2D eigenvalue weighted by molar-refractivity contribution is 5.97. The SMILES string of the molecule is C[C@@H](Oc1ccccc1C(=O)NCc1ccccc1)C(=O)NC1(C#N)CCCCC1. The molecule has 0 saturated heterocycles. The Labute approximate surface area is 177 Å². The first-order valence-electron chi connectivity index (χ1n) is 10.3. The Morgan fingerprint density at radius 2 is 1.73 bits per heavy atom. The molecule has 0 heterocycles. The summed E-state index contributed by atoms with van der Waals surface area (Å²) in [5.74, 6) is -0.291. The summed E-state index contributed by atoms with van der Waals surface area (Å²) in [6, 6.07) is 18.7. The Balaban J connectivity index is 1.64. The topological polar surface area (TPSA) is 91.2 Å². The molecule has 0 aromatic heterocycles. The molecule has 1 fully saturated rings. The van der Waals surface area contributed by atoms with Crippen LogP contribution in [-0.2, 0) is 11.3 Å². The van der Waals surface area contributed by atoms with Gasteiger partial charge in [0.15, 0.2) is 6.10 Å². The Hall–Kier alpha value is -3.33. The lowest BCUT2D eigenvalue weighted by molar-refractivity contribution is -0.129. The van der Waals surface area contributed by atoms with Gasteiger partial charge in [-0.25, -0.2) is 0 Å². The molecule has 2 aromatic carbocycles. The molecule has 1 aliphatic rings. The summed E-state index contributed by atoms with van der Waals surface area (Å²) < 4.78 is 5.83. The van der Waals surface area contributed by atoms with Crippen molar-refractivity contribution >= 4 is 11.8 Å². The predicted octanol–water partition coefficient (Wildman–Crippen LogP) is 3.73. The number of ether oxygens (including phenoxy) is 1. The Bertz CT molecular complexity index is 915. The maximum absolute atomic E-state index is 12.7. The largest absolute Gasteiger partial charge is 0.480 e. The summed E-state index contributed by atoms with van der Waals surface area (Å²) in [5, 5.41) is 15.3. The van der Waals surface area contributed by atoms with Gasteiger partial charge in [0.25, 0.3) is 11.8 Å². The maximum atomic E-state index is 12.7. The number of hydrogen-bond donors (Lipinski definition) is 2. The van der Waals surface area contributed by atoms with Gasteiger partial charge < -0.3 is 15.4 Å². The summed E-state index contributed by atoms with van der Waals surface area (Å²) >= 11 is 0. The summed E-state index contributed by atoms with van der Waals surface area (Å²) in [4.78, 5) is 25.4. The summed E-state index contributed by atoms with van der Waals surface area (Å²) in [6.45, 7) is 2.02. The first kappa shape index (κ1) is 21.4. The fourth-order valence-corrected chi connectivity index (χ4v) is 3.63. The standard InChI is InChI=1S/C24H27N3O3/c1-18(22(28)27-24(17-25)14-8-3-9-15-24)30-21-13-7-6-12-20(21)23(29)26-16-19-10-4-2-5-11-19/h2,4-7,10-13,18H,3,8-9,14-16H2,1H3,(H,26,29)(H,27,28)/t18-/m1/s1. The van der Waals surface area contributed by atoms with Crippen molar-refractivity contribution in [2.75, 3.05) is 0 Å². The van der Waals surface area contributed by atoms with Gasteiger partial charge >= 0.3 is 0 Å². The number of para-hydroxylation sites is 1. The van der Waals surface area contributed by atoms with E-state index in [-0.39, 0.29) is 11.8 Å². The Morgan fingerprint density at radius 1 is 1.07 bits per heavy atom. The lowest BCUT2D eigenvalue weighted by Gasteiger charge is -2.32. The summed E-state index contributed by atoms with van der Waals surface area (Å²) in [5.41, 5.74) is 0.534. The van der Waals surface area contributed by atoms with E-state index >= 15 is 0 Å². The molecule has 0 spiro atoms. The molecule has 156 valence electrons. The molecule has 1 saturated carbocycles. The van der Waals surface area contributed by atoms with Crippen LogP contribution in [0.1, 0.15) is 54.9 Å². The normalized spacial score (nSPS) is 16.0. The van der Waals surface area contributed by atoms with Crippen molar-refractivity contribution < 1.29 is 14.3 Å². The lowest BCUT2D eigenvalue weighted by atomic mass is 9.83. The van der Waals surface area contributed by atoms with Gasteiger partial charge in [0.05, 0.1) is 11.6 Å². The first-order chi connectivity index (χ1) is 14.5. The summed E-state index contributed by atoms with van der Waals surface area (Å²) in [7, 11) is 0. The molecular weight excluding hydrogens is 378 g/mol. The molecule has 0 radical (unpaired) electrons. The van der Waals surface area contributed by atoms with Gasteiger partial charge in [-0.3, -0.25) is 9.59 Å². The quantitative estimate of drug-likeness (QED) is 0.734. The molecular formula is C24H27N3O3. The van der Waals surface area contributed by atoms with Crippen LogP contribution in [-0.4, -0.2) is 23.5 Å². The van der Waals surface area contributed by atoms with E-state index < -0.39 is 11.6 Å². The second-order valence-corrected chi connectivity index (χ2v) is 7.67. The van der Waals surface area contributed by atoms with Crippen LogP contribution in [0, 0.1) is 11.3 Å². The fraction of sp³-hybridized carbons (Fsp3) is 0.375. The molecule has 30 heavy (non-hydrogen) atoms. The van der Waals surface area contributed by atoms with Crippen LogP contribution in [0.3, 0.4) is 0 Å². The van der Waals surface area contributed by atoms with Crippen LogP contribution in [0.5, 0.6) is 5.75 Å². The van der Waals surface area contributed by atoms with Crippen LogP contribution in [0.25, 0.3) is 0 Å². The number of nitriles is 1. The van der Waals surface area contributed by atoms with Gasteiger partial charge in [0, 0.05) is 6.54 Å². The van der Waals surface area contributed by atoms with Crippen molar-refractivity contribution in [2.45, 2.75) is 57.2 Å². The number of benzene rings is 2. The molecule has 6 heteroatoms. The van der Waals surface area contributed by atoms with E-state index in [9.17, 15) is 14.9 Å². The van der Waals surface area contributed by atoms with Crippen molar-refractivity contribution in [3.05, 3.63) is 65.7 Å². The molecule has 1 aliphatic carbocycles. The minimum atomic E-state index is -0.833. The second-order valence-electron chi connectivity index (χ2n) is 7.67. The third kappa shape index (κ3) is 5.38. The van der Waals surface area contributed by atoms with Crippen LogP contribution >= 0.6 is 0 Å². The zero-order chi connectivity index (χ0) is 21.4. The number of carbonyl (C=O) groups is 2. The van der Waals surface area contributed by atoms with E-state index in [0.29, 0.717) is 30.7 Å². The molecule has 3 rings (SSSR count). The smallest absolute Gasteiger partial charge is 0.262 e. The third-order valence-corrected chi connectivity index (χ3v) is 5.38. The molecule has 1 atom stereocenters. The van der Waals surface area contributed by atoms with Gasteiger partial charge in [-0.2, -0.15) is 5.26 Å². The highest BCUT2D eigenvalue weighted by Crippen LogP contribution is 2.28. The number of carbonyl (C=O) groups excluding carboxylic acids is 2. The zero-order valence-corrected chi connectivity index (χ0v) is 17.2. The van der Waals surface area contributed by atoms with Crippen molar-refractivity contribution in [1.82, 2.24) is 10.6 Å².